The summed E-state index contributed by atoms with van der Waals surface area (Å²) in [5.41, 5.74) is -0.142. The maximum Gasteiger partial charge on any atom is 0.405 e. The standard InChI is InChI=1S/C7H12F3N3O.C7H6F3N3O.C2H6O/c2*8-7(9,10)4-13-6(14)5-3-11-1-2-12-5;1-2-3/h5,11-12H,1-4H2,(H,13,14);1-3H,4H2,(H,13,14);3H,2H2,1H3. The summed E-state index contributed by atoms with van der Waals surface area (Å²) < 4.78 is 70.2. The Morgan fingerprint density at radius 2 is 1.68 bits per heavy atom. The van der Waals surface area contributed by atoms with Crippen LogP contribution in [0.25, 0.3) is 0 Å². The third kappa shape index (κ3) is 15.9. The van der Waals surface area contributed by atoms with E-state index in [1.54, 1.807) is 12.2 Å². The first-order chi connectivity index (χ1) is 14.4. The average molecular weight is 462 g/mol. The van der Waals surface area contributed by atoms with Crippen LogP contribution in [-0.2, 0) is 4.79 Å². The maximum absolute atomic E-state index is 11.7. The van der Waals surface area contributed by atoms with E-state index in [2.05, 4.69) is 20.6 Å². The molecule has 15 heteroatoms. The highest BCUT2D eigenvalue weighted by Crippen LogP contribution is 2.12. The van der Waals surface area contributed by atoms with E-state index < -0.39 is 43.3 Å². The van der Waals surface area contributed by atoms with Crippen LogP contribution in [0.5, 0.6) is 0 Å². The van der Waals surface area contributed by atoms with Crippen molar-refractivity contribution in [3.8, 4) is 0 Å². The Bertz CT molecular complexity index is 639. The van der Waals surface area contributed by atoms with Crippen LogP contribution in [-0.4, -0.2) is 84.6 Å². The van der Waals surface area contributed by atoms with Crippen LogP contribution < -0.4 is 21.3 Å². The third-order valence-corrected chi connectivity index (χ3v) is 3.07. The van der Waals surface area contributed by atoms with E-state index in [9.17, 15) is 35.9 Å². The molecule has 0 bridgehead atoms. The Hall–Kier alpha value is -2.52. The number of aliphatic hydroxyl groups is 1. The lowest BCUT2D eigenvalue weighted by Gasteiger charge is -2.23. The molecule has 0 radical (unpaired) electrons. The van der Waals surface area contributed by atoms with Gasteiger partial charge in [-0.15, -0.1) is 0 Å². The SMILES string of the molecule is CCO.O=C(NCC(F)(F)F)C1CNCCN1.O=C(NCC(F)(F)F)c1cnccn1. The van der Waals surface area contributed by atoms with Gasteiger partial charge < -0.3 is 26.4 Å². The molecule has 2 rings (SSSR count). The Morgan fingerprint density at radius 3 is 2.13 bits per heavy atom. The van der Waals surface area contributed by atoms with Gasteiger partial charge in [0.25, 0.3) is 5.91 Å². The molecule has 1 fully saturated rings. The maximum atomic E-state index is 11.7. The molecule has 9 nitrogen and oxygen atoms in total. The van der Waals surface area contributed by atoms with Gasteiger partial charge in [0.05, 0.1) is 12.2 Å². The summed E-state index contributed by atoms with van der Waals surface area (Å²) in [6, 6.07) is -0.564. The first-order valence-electron chi connectivity index (χ1n) is 8.90. The quantitative estimate of drug-likeness (QED) is 0.399. The molecule has 1 saturated heterocycles. The Balaban J connectivity index is 0.000000516. The summed E-state index contributed by atoms with van der Waals surface area (Å²) in [6.45, 7) is 0.962. The molecule has 1 atom stereocenters. The fourth-order valence-electron chi connectivity index (χ4n) is 1.84. The highest BCUT2D eigenvalue weighted by atomic mass is 19.4. The number of aromatic nitrogens is 2. The van der Waals surface area contributed by atoms with Gasteiger partial charge in [-0.1, -0.05) is 0 Å². The van der Waals surface area contributed by atoms with Crippen molar-refractivity contribution in [3.05, 3.63) is 24.3 Å². The predicted molar refractivity (Wildman–Crippen MR) is 96.9 cm³/mol. The molecule has 0 aliphatic carbocycles. The molecular weight excluding hydrogens is 438 g/mol. The minimum Gasteiger partial charge on any atom is -0.397 e. The number of aliphatic hydroxyl groups excluding tert-OH is 1. The highest BCUT2D eigenvalue weighted by molar-refractivity contribution is 5.91. The molecule has 2 heterocycles. The van der Waals surface area contributed by atoms with Gasteiger partial charge in [0.2, 0.25) is 5.91 Å². The molecule has 1 aliphatic rings. The van der Waals surface area contributed by atoms with Crippen molar-refractivity contribution in [3.63, 3.8) is 0 Å². The number of carbonyl (C=O) groups excluding carboxylic acids is 2. The molecule has 31 heavy (non-hydrogen) atoms. The summed E-state index contributed by atoms with van der Waals surface area (Å²) in [5, 5.41) is 16.8. The predicted octanol–water partition coefficient (Wildman–Crippen LogP) is -0.00640. The Kier molecular flexibility index (Phi) is 13.3. The van der Waals surface area contributed by atoms with E-state index in [-0.39, 0.29) is 12.3 Å². The minimum atomic E-state index is -4.42. The van der Waals surface area contributed by atoms with Crippen molar-refractivity contribution in [1.29, 1.82) is 0 Å². The molecule has 2 amide bonds. The molecule has 1 aliphatic heterocycles. The summed E-state index contributed by atoms with van der Waals surface area (Å²) in [4.78, 5) is 29.2. The van der Waals surface area contributed by atoms with Gasteiger partial charge >= 0.3 is 12.4 Å². The number of rotatable bonds is 4. The second-order valence-corrected chi connectivity index (χ2v) is 5.75. The van der Waals surface area contributed by atoms with Gasteiger partial charge in [0.1, 0.15) is 18.8 Å². The van der Waals surface area contributed by atoms with Crippen LogP contribution in [0.15, 0.2) is 18.6 Å². The number of piperazine rings is 1. The van der Waals surface area contributed by atoms with Gasteiger partial charge in [0, 0.05) is 38.6 Å². The number of carbonyl (C=O) groups is 2. The molecule has 0 saturated carbocycles. The van der Waals surface area contributed by atoms with Crippen LogP contribution in [0.1, 0.15) is 17.4 Å². The van der Waals surface area contributed by atoms with Gasteiger partial charge in [-0.3, -0.25) is 14.6 Å². The van der Waals surface area contributed by atoms with E-state index in [1.807, 2.05) is 5.32 Å². The number of hydrogen-bond acceptors (Lipinski definition) is 7. The van der Waals surface area contributed by atoms with E-state index in [4.69, 9.17) is 5.11 Å². The lowest BCUT2D eigenvalue weighted by atomic mass is 10.2. The molecule has 5 N–H and O–H groups in total. The van der Waals surface area contributed by atoms with Crippen molar-refractivity contribution in [1.82, 2.24) is 31.2 Å². The lowest BCUT2D eigenvalue weighted by molar-refractivity contribution is -0.139. The summed E-state index contributed by atoms with van der Waals surface area (Å²) >= 11 is 0. The van der Waals surface area contributed by atoms with Crippen molar-refractivity contribution in [2.45, 2.75) is 25.3 Å². The van der Waals surface area contributed by atoms with Crippen molar-refractivity contribution < 1.29 is 41.0 Å². The fourth-order valence-corrected chi connectivity index (χ4v) is 1.84. The first-order valence-corrected chi connectivity index (χ1v) is 8.90. The van der Waals surface area contributed by atoms with Crippen LogP contribution in [0.2, 0.25) is 0 Å². The van der Waals surface area contributed by atoms with Gasteiger partial charge in [0.15, 0.2) is 0 Å². The van der Waals surface area contributed by atoms with E-state index in [0.29, 0.717) is 13.1 Å². The minimum absolute atomic E-state index is 0.142. The van der Waals surface area contributed by atoms with Gasteiger partial charge in [-0.25, -0.2) is 4.98 Å². The summed E-state index contributed by atoms with van der Waals surface area (Å²) in [6.07, 6.45) is -5.13. The van der Waals surface area contributed by atoms with Crippen molar-refractivity contribution in [2.75, 3.05) is 39.3 Å². The smallest absolute Gasteiger partial charge is 0.397 e. The Labute approximate surface area is 174 Å². The van der Waals surface area contributed by atoms with Crippen molar-refractivity contribution in [2.24, 2.45) is 0 Å². The van der Waals surface area contributed by atoms with E-state index in [0.717, 1.165) is 12.7 Å². The van der Waals surface area contributed by atoms with E-state index in [1.165, 1.54) is 12.4 Å². The lowest BCUT2D eigenvalue weighted by Crippen LogP contribution is -2.56. The number of nitrogens with zero attached hydrogens (tertiary/aromatic N) is 2. The zero-order valence-electron chi connectivity index (χ0n) is 16.5. The molecule has 1 unspecified atom stereocenters. The molecule has 1 aromatic rings. The van der Waals surface area contributed by atoms with Gasteiger partial charge in [-0.2, -0.15) is 26.3 Å². The van der Waals surface area contributed by atoms with Crippen LogP contribution in [0.3, 0.4) is 0 Å². The third-order valence-electron chi connectivity index (χ3n) is 3.07. The van der Waals surface area contributed by atoms with Gasteiger partial charge in [-0.05, 0) is 6.92 Å². The second-order valence-electron chi connectivity index (χ2n) is 5.75. The molecule has 0 spiro atoms. The van der Waals surface area contributed by atoms with Crippen LogP contribution in [0.4, 0.5) is 26.3 Å². The zero-order chi connectivity index (χ0) is 23.9. The number of nitrogens with one attached hydrogen (secondary N) is 4. The average Bonchev–Trinajstić information content (AvgIpc) is 2.71. The van der Waals surface area contributed by atoms with Crippen molar-refractivity contribution >= 4 is 11.8 Å². The number of amides is 2. The molecule has 1 aromatic heterocycles. The van der Waals surface area contributed by atoms with Crippen LogP contribution >= 0.6 is 0 Å². The number of alkyl halides is 6. The molecule has 0 aromatic carbocycles. The fraction of sp³-hybridized carbons (Fsp3) is 0.625. The Morgan fingerprint density at radius 1 is 1.10 bits per heavy atom. The molecule has 178 valence electrons. The highest BCUT2D eigenvalue weighted by Gasteiger charge is 2.30. The summed E-state index contributed by atoms with van der Waals surface area (Å²) in [7, 11) is 0. The normalized spacial score (nSPS) is 16.1. The first kappa shape index (κ1) is 28.5. The number of hydrogen-bond donors (Lipinski definition) is 5. The zero-order valence-corrected chi connectivity index (χ0v) is 16.5. The monoisotopic (exact) mass is 462 g/mol. The van der Waals surface area contributed by atoms with Crippen LogP contribution in [0, 0.1) is 0 Å². The van der Waals surface area contributed by atoms with E-state index >= 15 is 0 Å². The molecular formula is C16H24F6N6O3. The number of halogens is 6. The topological polar surface area (TPSA) is 128 Å². The largest absolute Gasteiger partial charge is 0.405 e. The second kappa shape index (κ2) is 14.5. The summed E-state index contributed by atoms with van der Waals surface area (Å²) in [5.74, 6) is -1.51.